The summed E-state index contributed by atoms with van der Waals surface area (Å²) in [4.78, 5) is 38.0. The molecule has 1 saturated heterocycles. The summed E-state index contributed by atoms with van der Waals surface area (Å²) in [7, 11) is 0. The number of anilines is 1. The lowest BCUT2D eigenvalue weighted by molar-refractivity contribution is -0.122. The predicted molar refractivity (Wildman–Crippen MR) is 92.6 cm³/mol. The van der Waals surface area contributed by atoms with Gasteiger partial charge >= 0.3 is 6.03 Å². The van der Waals surface area contributed by atoms with Crippen LogP contribution in [0.15, 0.2) is 64.3 Å². The molecule has 3 rings (SSSR count). The zero-order valence-corrected chi connectivity index (χ0v) is 13.8. The van der Waals surface area contributed by atoms with Crippen LogP contribution in [-0.4, -0.2) is 17.8 Å². The van der Waals surface area contributed by atoms with Crippen LogP contribution in [-0.2, 0) is 9.59 Å². The van der Waals surface area contributed by atoms with Gasteiger partial charge in [-0.3, -0.25) is 14.9 Å². The molecule has 1 aliphatic rings. The second-order valence-electron chi connectivity index (χ2n) is 5.65. The zero-order valence-electron chi connectivity index (χ0n) is 13.8. The standard InChI is InChI=1S/C19H16N2O4/c1-12(10-14-7-5-9-25-14)11-15-17(22)20-19(24)21(18(15)23)16-8-4-3-6-13(16)2/h3-11H,1-2H3,(H,20,22,24)/b12-10+,15-11+. The summed E-state index contributed by atoms with van der Waals surface area (Å²) in [5.74, 6) is -0.771. The largest absolute Gasteiger partial charge is 0.465 e. The van der Waals surface area contributed by atoms with E-state index < -0.39 is 17.8 Å². The third-order valence-corrected chi connectivity index (χ3v) is 3.74. The molecule has 1 aromatic heterocycles. The highest BCUT2D eigenvalue weighted by Gasteiger charge is 2.37. The molecule has 0 atom stereocenters. The van der Waals surface area contributed by atoms with Crippen LogP contribution in [0, 0.1) is 6.92 Å². The molecule has 0 spiro atoms. The van der Waals surface area contributed by atoms with Crippen molar-refractivity contribution in [2.45, 2.75) is 13.8 Å². The molecule has 2 heterocycles. The van der Waals surface area contributed by atoms with Crippen molar-refractivity contribution in [1.82, 2.24) is 5.32 Å². The third kappa shape index (κ3) is 3.28. The molecule has 1 fully saturated rings. The Hall–Kier alpha value is -3.41. The van der Waals surface area contributed by atoms with E-state index in [4.69, 9.17) is 4.42 Å². The molecule has 1 aliphatic heterocycles. The highest BCUT2D eigenvalue weighted by atomic mass is 16.3. The number of nitrogens with one attached hydrogen (secondary N) is 1. The third-order valence-electron chi connectivity index (χ3n) is 3.74. The van der Waals surface area contributed by atoms with Gasteiger partial charge in [0.15, 0.2) is 0 Å². The molecule has 1 N–H and O–H groups in total. The van der Waals surface area contributed by atoms with E-state index in [1.165, 1.54) is 12.3 Å². The number of carbonyl (C=O) groups excluding carboxylic acids is 3. The van der Waals surface area contributed by atoms with Crippen LogP contribution < -0.4 is 10.2 Å². The number of aryl methyl sites for hydroxylation is 1. The number of barbiturate groups is 1. The first-order valence-electron chi connectivity index (χ1n) is 7.66. The molecule has 0 radical (unpaired) electrons. The van der Waals surface area contributed by atoms with Crippen molar-refractivity contribution < 1.29 is 18.8 Å². The SMILES string of the molecule is CC(=C\c1ccco1)/C=C1\C(=O)NC(=O)N(c2ccccc2C)C1=O. The number of benzene rings is 1. The molecule has 0 saturated carbocycles. The smallest absolute Gasteiger partial charge is 0.335 e. The Morgan fingerprint density at radius 1 is 1.12 bits per heavy atom. The number of hydrogen-bond donors (Lipinski definition) is 1. The van der Waals surface area contributed by atoms with Crippen molar-refractivity contribution in [3.05, 3.63) is 71.2 Å². The Kier molecular flexibility index (Phi) is 4.35. The van der Waals surface area contributed by atoms with Gasteiger partial charge in [-0.1, -0.05) is 18.2 Å². The minimum absolute atomic E-state index is 0.108. The topological polar surface area (TPSA) is 79.6 Å². The maximum absolute atomic E-state index is 12.8. The summed E-state index contributed by atoms with van der Waals surface area (Å²) in [6.45, 7) is 3.53. The predicted octanol–water partition coefficient (Wildman–Crippen LogP) is 3.20. The maximum Gasteiger partial charge on any atom is 0.335 e. The number of nitrogens with zero attached hydrogens (tertiary/aromatic N) is 1. The zero-order chi connectivity index (χ0) is 18.0. The second kappa shape index (κ2) is 6.60. The average Bonchev–Trinajstić information content (AvgIpc) is 3.06. The minimum atomic E-state index is -0.755. The molecule has 6 nitrogen and oxygen atoms in total. The van der Waals surface area contributed by atoms with Gasteiger partial charge in [0.1, 0.15) is 11.3 Å². The van der Waals surface area contributed by atoms with Crippen molar-refractivity contribution in [2.75, 3.05) is 4.90 Å². The summed E-state index contributed by atoms with van der Waals surface area (Å²) in [6.07, 6.45) is 4.67. The first-order chi connectivity index (χ1) is 12.0. The Morgan fingerprint density at radius 2 is 1.88 bits per heavy atom. The molecule has 0 unspecified atom stereocenters. The molecule has 0 bridgehead atoms. The van der Waals surface area contributed by atoms with E-state index >= 15 is 0 Å². The molecule has 126 valence electrons. The maximum atomic E-state index is 12.8. The number of furan rings is 1. The van der Waals surface area contributed by atoms with E-state index in [2.05, 4.69) is 5.32 Å². The van der Waals surface area contributed by atoms with Crippen molar-refractivity contribution in [3.63, 3.8) is 0 Å². The number of allylic oxidation sites excluding steroid dienone is 2. The average molecular weight is 336 g/mol. The van der Waals surface area contributed by atoms with E-state index in [0.29, 0.717) is 17.0 Å². The number of hydrogen-bond acceptors (Lipinski definition) is 4. The summed E-state index contributed by atoms with van der Waals surface area (Å²) >= 11 is 0. The highest BCUT2D eigenvalue weighted by Crippen LogP contribution is 2.24. The van der Waals surface area contributed by atoms with Gasteiger partial charge in [0.05, 0.1) is 12.0 Å². The van der Waals surface area contributed by atoms with Gasteiger partial charge in [-0.25, -0.2) is 9.69 Å². The normalized spacial score (nSPS) is 17.2. The number of amides is 4. The Bertz CT molecular complexity index is 907. The van der Waals surface area contributed by atoms with E-state index in [1.54, 1.807) is 50.3 Å². The van der Waals surface area contributed by atoms with Gasteiger partial charge in [0, 0.05) is 0 Å². The lowest BCUT2D eigenvalue weighted by atomic mass is 10.1. The Balaban J connectivity index is 1.98. The van der Waals surface area contributed by atoms with Gasteiger partial charge in [-0.2, -0.15) is 0 Å². The summed E-state index contributed by atoms with van der Waals surface area (Å²) in [5.41, 5.74) is 1.73. The quantitative estimate of drug-likeness (QED) is 0.689. The number of rotatable bonds is 3. The van der Waals surface area contributed by atoms with Crippen molar-refractivity contribution >= 4 is 29.6 Å². The van der Waals surface area contributed by atoms with Crippen LogP contribution in [0.25, 0.3) is 6.08 Å². The summed E-state index contributed by atoms with van der Waals surface area (Å²) in [6, 6.07) is 9.73. The molecule has 6 heteroatoms. The summed E-state index contributed by atoms with van der Waals surface area (Å²) in [5, 5.41) is 2.21. The molecule has 2 aromatic rings. The Labute approximate surface area is 144 Å². The van der Waals surface area contributed by atoms with E-state index in [1.807, 2.05) is 6.07 Å². The fourth-order valence-corrected chi connectivity index (χ4v) is 2.56. The van der Waals surface area contributed by atoms with Crippen LogP contribution in [0.2, 0.25) is 0 Å². The molecular weight excluding hydrogens is 320 g/mol. The van der Waals surface area contributed by atoms with E-state index in [0.717, 1.165) is 10.5 Å². The molecule has 0 aliphatic carbocycles. The van der Waals surface area contributed by atoms with E-state index in [-0.39, 0.29) is 5.57 Å². The molecule has 25 heavy (non-hydrogen) atoms. The first kappa shape index (κ1) is 16.4. The highest BCUT2D eigenvalue weighted by molar-refractivity contribution is 6.37. The molecule has 4 amide bonds. The molecule has 1 aromatic carbocycles. The van der Waals surface area contributed by atoms with Crippen LogP contribution in [0.1, 0.15) is 18.2 Å². The monoisotopic (exact) mass is 336 g/mol. The fourth-order valence-electron chi connectivity index (χ4n) is 2.56. The number of imide groups is 2. The van der Waals surface area contributed by atoms with Crippen LogP contribution >= 0.6 is 0 Å². The summed E-state index contributed by atoms with van der Waals surface area (Å²) < 4.78 is 5.21. The second-order valence-corrected chi connectivity index (χ2v) is 5.65. The molecular formula is C19H16N2O4. The minimum Gasteiger partial charge on any atom is -0.465 e. The van der Waals surface area contributed by atoms with Gasteiger partial charge in [0.25, 0.3) is 11.8 Å². The van der Waals surface area contributed by atoms with Crippen molar-refractivity contribution in [2.24, 2.45) is 0 Å². The first-order valence-corrected chi connectivity index (χ1v) is 7.66. The van der Waals surface area contributed by atoms with Crippen molar-refractivity contribution in [1.29, 1.82) is 0 Å². The lowest BCUT2D eigenvalue weighted by Gasteiger charge is -2.27. The Morgan fingerprint density at radius 3 is 2.56 bits per heavy atom. The van der Waals surface area contributed by atoms with Crippen LogP contribution in [0.5, 0.6) is 0 Å². The number of urea groups is 1. The van der Waals surface area contributed by atoms with Crippen molar-refractivity contribution in [3.8, 4) is 0 Å². The van der Waals surface area contributed by atoms with Gasteiger partial charge in [-0.15, -0.1) is 0 Å². The lowest BCUT2D eigenvalue weighted by Crippen LogP contribution is -2.54. The van der Waals surface area contributed by atoms with Crippen LogP contribution in [0.3, 0.4) is 0 Å². The fraction of sp³-hybridized carbons (Fsp3) is 0.105. The number of para-hydroxylation sites is 1. The van der Waals surface area contributed by atoms with Gasteiger partial charge < -0.3 is 4.42 Å². The van der Waals surface area contributed by atoms with E-state index in [9.17, 15) is 14.4 Å². The van der Waals surface area contributed by atoms with Gasteiger partial charge in [-0.05, 0) is 55.3 Å². The van der Waals surface area contributed by atoms with Gasteiger partial charge in [0.2, 0.25) is 0 Å². The van der Waals surface area contributed by atoms with Crippen LogP contribution in [0.4, 0.5) is 10.5 Å². The number of carbonyl (C=O) groups is 3.